The van der Waals surface area contributed by atoms with Crippen molar-refractivity contribution in [3.63, 3.8) is 0 Å². The summed E-state index contributed by atoms with van der Waals surface area (Å²) in [5.74, 6) is -1.11. The van der Waals surface area contributed by atoms with Crippen LogP contribution >= 0.6 is 0 Å². The normalized spacial score (nSPS) is 25.5. The lowest BCUT2D eigenvalue weighted by Crippen LogP contribution is -2.31. The zero-order valence-corrected chi connectivity index (χ0v) is 11.4. The van der Waals surface area contributed by atoms with Gasteiger partial charge in [0, 0.05) is 11.1 Å². The van der Waals surface area contributed by atoms with Crippen molar-refractivity contribution >= 4 is 11.6 Å². The number of allylic oxidation sites excluding steroid dienone is 2. The van der Waals surface area contributed by atoms with Gasteiger partial charge in [-0.3, -0.25) is 9.59 Å². The first-order valence-electron chi connectivity index (χ1n) is 6.81. The lowest BCUT2D eigenvalue weighted by atomic mass is 9.69. The molecule has 0 bridgehead atoms. The van der Waals surface area contributed by atoms with Crippen molar-refractivity contribution in [2.45, 2.75) is 26.7 Å². The van der Waals surface area contributed by atoms with Crippen LogP contribution in [0.15, 0.2) is 23.3 Å². The number of Topliss-reactive ketones (excluding diaryl/α,β-unsaturated/α-hetero) is 2. The molecule has 0 saturated heterocycles. The van der Waals surface area contributed by atoms with Crippen LogP contribution in [0.3, 0.4) is 0 Å². The molecule has 2 aliphatic carbocycles. The quantitative estimate of drug-likeness (QED) is 0.712. The summed E-state index contributed by atoms with van der Waals surface area (Å²) in [4.78, 5) is 25.3. The Morgan fingerprint density at radius 3 is 1.55 bits per heavy atom. The summed E-state index contributed by atoms with van der Waals surface area (Å²) in [6, 6.07) is 2.50. The van der Waals surface area contributed by atoms with E-state index < -0.39 is 0 Å². The smallest absolute Gasteiger partial charge is 0.194 e. The van der Waals surface area contributed by atoms with Gasteiger partial charge in [0.2, 0.25) is 0 Å². The molecule has 0 amide bonds. The molecule has 3 rings (SSSR count). The van der Waals surface area contributed by atoms with Crippen molar-refractivity contribution in [3.05, 3.63) is 34.4 Å². The Balaban J connectivity index is 2.33. The SMILES string of the molecule is CC1CCC(C)C2=C1C(=O)c1c(O)ccc(O)c1C2=O. The van der Waals surface area contributed by atoms with Gasteiger partial charge in [0.05, 0.1) is 11.1 Å². The van der Waals surface area contributed by atoms with Crippen LogP contribution in [0.5, 0.6) is 11.5 Å². The maximum atomic E-state index is 12.6. The largest absolute Gasteiger partial charge is 0.507 e. The van der Waals surface area contributed by atoms with Crippen LogP contribution in [0.25, 0.3) is 0 Å². The number of hydrogen-bond acceptors (Lipinski definition) is 4. The number of carbonyl (C=O) groups excluding carboxylic acids is 2. The van der Waals surface area contributed by atoms with Gasteiger partial charge in [-0.25, -0.2) is 0 Å². The summed E-state index contributed by atoms with van der Waals surface area (Å²) in [5, 5.41) is 19.8. The first-order valence-corrected chi connectivity index (χ1v) is 6.81. The Labute approximate surface area is 116 Å². The van der Waals surface area contributed by atoms with E-state index in [4.69, 9.17) is 0 Å². The highest BCUT2D eigenvalue weighted by atomic mass is 16.3. The molecule has 2 N–H and O–H groups in total. The van der Waals surface area contributed by atoms with Gasteiger partial charge in [0.25, 0.3) is 0 Å². The molecular weight excluding hydrogens is 256 g/mol. The summed E-state index contributed by atoms with van der Waals surface area (Å²) in [6.45, 7) is 3.86. The highest BCUT2D eigenvalue weighted by molar-refractivity contribution is 6.29. The number of carbonyl (C=O) groups is 2. The van der Waals surface area contributed by atoms with Crippen LogP contribution in [-0.4, -0.2) is 21.8 Å². The summed E-state index contributed by atoms with van der Waals surface area (Å²) >= 11 is 0. The molecule has 0 aliphatic heterocycles. The summed E-state index contributed by atoms with van der Waals surface area (Å²) in [6.07, 6.45) is 1.71. The molecule has 0 saturated carbocycles. The summed E-state index contributed by atoms with van der Waals surface area (Å²) in [5.41, 5.74) is 0.939. The molecule has 0 radical (unpaired) electrons. The van der Waals surface area contributed by atoms with Gasteiger partial charge >= 0.3 is 0 Å². The zero-order valence-electron chi connectivity index (χ0n) is 11.4. The minimum Gasteiger partial charge on any atom is -0.507 e. The molecule has 2 unspecified atom stereocenters. The molecule has 4 nitrogen and oxygen atoms in total. The molecule has 0 spiro atoms. The van der Waals surface area contributed by atoms with Crippen LogP contribution < -0.4 is 0 Å². The number of phenolic OH excluding ortho intramolecular Hbond substituents is 2. The van der Waals surface area contributed by atoms with E-state index in [0.29, 0.717) is 11.1 Å². The van der Waals surface area contributed by atoms with E-state index in [1.54, 1.807) is 0 Å². The Morgan fingerprint density at radius 1 is 0.850 bits per heavy atom. The minimum absolute atomic E-state index is 0.00699. The summed E-state index contributed by atoms with van der Waals surface area (Å²) in [7, 11) is 0. The summed E-state index contributed by atoms with van der Waals surface area (Å²) < 4.78 is 0. The topological polar surface area (TPSA) is 74.6 Å². The Hall–Kier alpha value is -2.10. The van der Waals surface area contributed by atoms with E-state index in [-0.39, 0.29) is 46.0 Å². The fourth-order valence-electron chi connectivity index (χ4n) is 3.32. The zero-order chi connectivity index (χ0) is 14.6. The van der Waals surface area contributed by atoms with Gasteiger partial charge in [-0.05, 0) is 36.8 Å². The predicted molar refractivity (Wildman–Crippen MR) is 73.0 cm³/mol. The highest BCUT2D eigenvalue weighted by Crippen LogP contribution is 2.45. The lowest BCUT2D eigenvalue weighted by molar-refractivity contribution is 0.0942. The third-order valence-electron chi connectivity index (χ3n) is 4.41. The number of hydrogen-bond donors (Lipinski definition) is 2. The Morgan fingerprint density at radius 2 is 1.20 bits per heavy atom. The molecule has 1 aromatic rings. The van der Waals surface area contributed by atoms with Crippen molar-refractivity contribution in [1.29, 1.82) is 0 Å². The highest BCUT2D eigenvalue weighted by Gasteiger charge is 2.41. The molecule has 0 fully saturated rings. The van der Waals surface area contributed by atoms with E-state index in [9.17, 15) is 19.8 Å². The third kappa shape index (κ3) is 1.54. The molecule has 1 aromatic carbocycles. The fourth-order valence-corrected chi connectivity index (χ4v) is 3.32. The Kier molecular flexibility index (Phi) is 2.71. The van der Waals surface area contributed by atoms with Gasteiger partial charge in [-0.2, -0.15) is 0 Å². The number of rotatable bonds is 0. The monoisotopic (exact) mass is 272 g/mol. The van der Waals surface area contributed by atoms with Gasteiger partial charge in [-0.15, -0.1) is 0 Å². The predicted octanol–water partition coefficient (Wildman–Crippen LogP) is 2.84. The van der Waals surface area contributed by atoms with Crippen LogP contribution in [0.1, 0.15) is 47.4 Å². The first kappa shape index (κ1) is 12.9. The van der Waals surface area contributed by atoms with E-state index >= 15 is 0 Å². The van der Waals surface area contributed by atoms with Crippen molar-refractivity contribution in [3.8, 4) is 11.5 Å². The molecular formula is C16H16O4. The van der Waals surface area contributed by atoms with Crippen LogP contribution in [0.4, 0.5) is 0 Å². The van der Waals surface area contributed by atoms with Crippen molar-refractivity contribution in [2.24, 2.45) is 11.8 Å². The number of ketones is 2. The van der Waals surface area contributed by atoms with Crippen molar-refractivity contribution in [2.75, 3.05) is 0 Å². The van der Waals surface area contributed by atoms with Gasteiger partial charge in [0.1, 0.15) is 11.5 Å². The second-order valence-electron chi connectivity index (χ2n) is 5.72. The van der Waals surface area contributed by atoms with Crippen LogP contribution in [0.2, 0.25) is 0 Å². The molecule has 2 aliphatic rings. The van der Waals surface area contributed by atoms with E-state index in [0.717, 1.165) is 12.8 Å². The van der Waals surface area contributed by atoms with Gasteiger partial charge in [0.15, 0.2) is 11.6 Å². The Bertz CT molecular complexity index is 612. The average Bonchev–Trinajstić information content (AvgIpc) is 2.41. The molecule has 104 valence electrons. The number of aromatic hydroxyl groups is 2. The van der Waals surface area contributed by atoms with E-state index in [2.05, 4.69) is 0 Å². The number of phenols is 2. The lowest BCUT2D eigenvalue weighted by Gasteiger charge is -2.33. The second-order valence-corrected chi connectivity index (χ2v) is 5.72. The van der Waals surface area contributed by atoms with Gasteiger partial charge < -0.3 is 10.2 Å². The van der Waals surface area contributed by atoms with E-state index in [1.165, 1.54) is 12.1 Å². The minimum atomic E-state index is -0.318. The standard InChI is InChI=1S/C16H16O4/c1-7-3-4-8(2)12-11(7)15(19)13-9(17)5-6-10(18)14(13)16(12)20/h5-8,17-18H,3-4H2,1-2H3. The maximum absolute atomic E-state index is 12.6. The molecule has 0 heterocycles. The van der Waals surface area contributed by atoms with Crippen LogP contribution in [-0.2, 0) is 0 Å². The fraction of sp³-hybridized carbons (Fsp3) is 0.375. The second kappa shape index (κ2) is 4.20. The third-order valence-corrected chi connectivity index (χ3v) is 4.41. The van der Waals surface area contributed by atoms with Crippen LogP contribution in [0, 0.1) is 11.8 Å². The maximum Gasteiger partial charge on any atom is 0.194 e. The average molecular weight is 272 g/mol. The molecule has 2 atom stereocenters. The molecule has 4 heteroatoms. The van der Waals surface area contributed by atoms with Crippen molar-refractivity contribution < 1.29 is 19.8 Å². The van der Waals surface area contributed by atoms with Gasteiger partial charge in [-0.1, -0.05) is 13.8 Å². The van der Waals surface area contributed by atoms with Crippen molar-refractivity contribution in [1.82, 2.24) is 0 Å². The molecule has 20 heavy (non-hydrogen) atoms. The molecule has 0 aromatic heterocycles. The first-order chi connectivity index (χ1) is 9.43. The van der Waals surface area contributed by atoms with E-state index in [1.807, 2.05) is 13.8 Å². The number of fused-ring (bicyclic) bond motifs is 1. The number of benzene rings is 1.